The smallest absolute Gasteiger partial charge is 0.257 e. The van der Waals surface area contributed by atoms with Crippen molar-refractivity contribution in [3.63, 3.8) is 0 Å². The third kappa shape index (κ3) is 3.48. The van der Waals surface area contributed by atoms with Crippen molar-refractivity contribution in [1.82, 2.24) is 14.7 Å². The molecule has 1 heterocycles. The molecular weight excluding hydrogens is 238 g/mol. The van der Waals surface area contributed by atoms with Gasteiger partial charge in [0.25, 0.3) is 10.0 Å². The van der Waals surface area contributed by atoms with Gasteiger partial charge < -0.3 is 4.98 Å². The van der Waals surface area contributed by atoms with E-state index in [0.717, 1.165) is 0 Å². The first kappa shape index (κ1) is 12.5. The van der Waals surface area contributed by atoms with E-state index in [9.17, 15) is 8.42 Å². The number of alkyl halides is 1. The van der Waals surface area contributed by atoms with E-state index in [1.807, 2.05) is 6.92 Å². The Labute approximate surface area is 94.3 Å². The lowest BCUT2D eigenvalue weighted by molar-refractivity contribution is 0.577. The summed E-state index contributed by atoms with van der Waals surface area (Å²) in [5, 5.41) is 0.105. The van der Waals surface area contributed by atoms with Gasteiger partial charge in [-0.3, -0.25) is 0 Å². The molecule has 0 spiro atoms. The summed E-state index contributed by atoms with van der Waals surface area (Å²) < 4.78 is 25.7. The molecule has 0 aromatic carbocycles. The first-order valence-corrected chi connectivity index (χ1v) is 6.71. The van der Waals surface area contributed by atoms with Gasteiger partial charge in [-0.25, -0.2) is 18.1 Å². The Balaban J connectivity index is 2.68. The molecule has 2 N–H and O–H groups in total. The van der Waals surface area contributed by atoms with Gasteiger partial charge in [0.15, 0.2) is 5.03 Å². The molecule has 0 amide bonds. The quantitative estimate of drug-likeness (QED) is 0.582. The Morgan fingerprint density at radius 3 is 2.87 bits per heavy atom. The number of imidazole rings is 1. The minimum Gasteiger partial charge on any atom is -0.332 e. The number of hydrogen-bond acceptors (Lipinski definition) is 3. The minimum absolute atomic E-state index is 0.105. The Morgan fingerprint density at radius 2 is 2.33 bits per heavy atom. The maximum absolute atomic E-state index is 11.6. The van der Waals surface area contributed by atoms with E-state index in [-0.39, 0.29) is 5.03 Å². The molecule has 0 aliphatic carbocycles. The topological polar surface area (TPSA) is 74.8 Å². The molecule has 1 aromatic heterocycles. The molecule has 0 aliphatic rings. The van der Waals surface area contributed by atoms with Crippen molar-refractivity contribution < 1.29 is 8.42 Å². The van der Waals surface area contributed by atoms with Crippen LogP contribution in [0.1, 0.15) is 19.2 Å². The Morgan fingerprint density at radius 1 is 1.60 bits per heavy atom. The maximum Gasteiger partial charge on any atom is 0.257 e. The lowest BCUT2D eigenvalue weighted by Gasteiger charge is -2.02. The molecule has 0 aliphatic heterocycles. The van der Waals surface area contributed by atoms with Gasteiger partial charge in [0.1, 0.15) is 5.82 Å². The average molecular weight is 252 g/mol. The van der Waals surface area contributed by atoms with E-state index in [0.29, 0.717) is 31.1 Å². The fraction of sp³-hybridized carbons (Fsp3) is 0.625. The molecule has 0 radical (unpaired) electrons. The molecule has 1 rings (SSSR count). The molecule has 0 saturated heterocycles. The first-order valence-electron chi connectivity index (χ1n) is 4.69. The van der Waals surface area contributed by atoms with Gasteiger partial charge in [-0.2, -0.15) is 0 Å². The van der Waals surface area contributed by atoms with Crippen molar-refractivity contribution in [2.24, 2.45) is 0 Å². The third-order valence-electron chi connectivity index (χ3n) is 1.83. The van der Waals surface area contributed by atoms with E-state index in [2.05, 4.69) is 14.7 Å². The minimum atomic E-state index is -3.45. The lowest BCUT2D eigenvalue weighted by atomic mass is 10.5. The summed E-state index contributed by atoms with van der Waals surface area (Å²) >= 11 is 5.45. The highest BCUT2D eigenvalue weighted by Gasteiger charge is 2.15. The number of nitrogens with zero attached hydrogens (tertiary/aromatic N) is 1. The van der Waals surface area contributed by atoms with Crippen LogP contribution in [0.15, 0.2) is 11.2 Å². The molecule has 86 valence electrons. The second-order valence-electron chi connectivity index (χ2n) is 2.99. The SMILES string of the molecule is CCc1ncc(S(=O)(=O)NCCCCl)[nH]1. The summed E-state index contributed by atoms with van der Waals surface area (Å²) in [5.41, 5.74) is 0. The standard InChI is InChI=1S/C8H14ClN3O2S/c1-2-7-10-6-8(12-7)15(13,14)11-5-3-4-9/h6,11H,2-5H2,1H3,(H,10,12). The van der Waals surface area contributed by atoms with Gasteiger partial charge in [0.2, 0.25) is 0 Å². The summed E-state index contributed by atoms with van der Waals surface area (Å²) in [4.78, 5) is 6.66. The number of hydrogen-bond donors (Lipinski definition) is 2. The van der Waals surface area contributed by atoms with Crippen molar-refractivity contribution in [2.75, 3.05) is 12.4 Å². The lowest BCUT2D eigenvalue weighted by Crippen LogP contribution is -2.25. The van der Waals surface area contributed by atoms with Crippen LogP contribution in [-0.4, -0.2) is 30.8 Å². The third-order valence-corrected chi connectivity index (χ3v) is 3.47. The Bertz CT molecular complexity index is 402. The van der Waals surface area contributed by atoms with Crippen LogP contribution in [0.4, 0.5) is 0 Å². The number of H-pyrrole nitrogens is 1. The van der Waals surface area contributed by atoms with Crippen LogP contribution < -0.4 is 4.72 Å². The highest BCUT2D eigenvalue weighted by molar-refractivity contribution is 7.89. The fourth-order valence-corrected chi connectivity index (χ4v) is 2.16. The molecule has 0 atom stereocenters. The number of aromatic amines is 1. The van der Waals surface area contributed by atoms with Gasteiger partial charge >= 0.3 is 0 Å². The predicted octanol–water partition coefficient (Wildman–Crippen LogP) is 0.879. The number of nitrogens with one attached hydrogen (secondary N) is 2. The van der Waals surface area contributed by atoms with Crippen molar-refractivity contribution in [3.8, 4) is 0 Å². The predicted molar refractivity (Wildman–Crippen MR) is 58.5 cm³/mol. The van der Waals surface area contributed by atoms with Crippen LogP contribution in [0.2, 0.25) is 0 Å². The number of aryl methyl sites for hydroxylation is 1. The fourth-order valence-electron chi connectivity index (χ4n) is 1.01. The van der Waals surface area contributed by atoms with Crippen LogP contribution in [0.5, 0.6) is 0 Å². The van der Waals surface area contributed by atoms with Crippen molar-refractivity contribution in [2.45, 2.75) is 24.8 Å². The Kier molecular flexibility index (Phi) is 4.56. The van der Waals surface area contributed by atoms with Crippen molar-refractivity contribution >= 4 is 21.6 Å². The zero-order chi connectivity index (χ0) is 11.3. The number of sulfonamides is 1. The zero-order valence-corrected chi connectivity index (χ0v) is 10.0. The summed E-state index contributed by atoms with van der Waals surface area (Å²) in [6, 6.07) is 0. The summed E-state index contributed by atoms with van der Waals surface area (Å²) in [5.74, 6) is 1.10. The number of aromatic nitrogens is 2. The Hall–Kier alpha value is -0.590. The molecular formula is C8H14ClN3O2S. The van der Waals surface area contributed by atoms with Crippen LogP contribution in [-0.2, 0) is 16.4 Å². The molecule has 0 saturated carbocycles. The van der Waals surface area contributed by atoms with Gasteiger partial charge in [-0.05, 0) is 6.42 Å². The van der Waals surface area contributed by atoms with Crippen molar-refractivity contribution in [1.29, 1.82) is 0 Å². The van der Waals surface area contributed by atoms with Gasteiger partial charge in [-0.15, -0.1) is 11.6 Å². The van der Waals surface area contributed by atoms with Crippen LogP contribution >= 0.6 is 11.6 Å². The van der Waals surface area contributed by atoms with Gasteiger partial charge in [0.05, 0.1) is 6.20 Å². The number of halogens is 1. The second kappa shape index (κ2) is 5.48. The second-order valence-corrected chi connectivity index (χ2v) is 5.10. The average Bonchev–Trinajstić information content (AvgIpc) is 2.66. The highest BCUT2D eigenvalue weighted by atomic mass is 35.5. The van der Waals surface area contributed by atoms with Gasteiger partial charge in [0, 0.05) is 18.8 Å². The van der Waals surface area contributed by atoms with E-state index >= 15 is 0 Å². The highest BCUT2D eigenvalue weighted by Crippen LogP contribution is 2.05. The van der Waals surface area contributed by atoms with E-state index in [4.69, 9.17) is 11.6 Å². The monoisotopic (exact) mass is 251 g/mol. The molecule has 5 nitrogen and oxygen atoms in total. The molecule has 1 aromatic rings. The van der Waals surface area contributed by atoms with E-state index in [1.54, 1.807) is 0 Å². The largest absolute Gasteiger partial charge is 0.332 e. The van der Waals surface area contributed by atoms with Crippen LogP contribution in [0.3, 0.4) is 0 Å². The molecule has 0 unspecified atom stereocenters. The van der Waals surface area contributed by atoms with Crippen LogP contribution in [0.25, 0.3) is 0 Å². The first-order chi connectivity index (χ1) is 7.10. The molecule has 7 heteroatoms. The number of rotatable bonds is 6. The molecule has 0 fully saturated rings. The van der Waals surface area contributed by atoms with E-state index < -0.39 is 10.0 Å². The van der Waals surface area contributed by atoms with Crippen LogP contribution in [0, 0.1) is 0 Å². The molecule has 15 heavy (non-hydrogen) atoms. The summed E-state index contributed by atoms with van der Waals surface area (Å²) in [6.45, 7) is 2.24. The van der Waals surface area contributed by atoms with Gasteiger partial charge in [-0.1, -0.05) is 6.92 Å². The van der Waals surface area contributed by atoms with E-state index in [1.165, 1.54) is 6.20 Å². The van der Waals surface area contributed by atoms with Crippen molar-refractivity contribution in [3.05, 3.63) is 12.0 Å². The molecule has 0 bridgehead atoms. The maximum atomic E-state index is 11.6. The zero-order valence-electron chi connectivity index (χ0n) is 8.46. The summed E-state index contributed by atoms with van der Waals surface area (Å²) in [7, 11) is -3.45. The summed E-state index contributed by atoms with van der Waals surface area (Å²) in [6.07, 6.45) is 2.61. The normalized spacial score (nSPS) is 11.9.